The molecule has 0 unspecified atom stereocenters. The fourth-order valence-corrected chi connectivity index (χ4v) is 3.73. The third kappa shape index (κ3) is 3.64. The predicted molar refractivity (Wildman–Crippen MR) is 115 cm³/mol. The van der Waals surface area contributed by atoms with Crippen molar-refractivity contribution >= 4 is 28.9 Å². The van der Waals surface area contributed by atoms with Crippen molar-refractivity contribution in [3.05, 3.63) is 76.2 Å². The van der Waals surface area contributed by atoms with Crippen molar-refractivity contribution in [1.82, 2.24) is 10.2 Å². The number of allylic oxidation sites excluding steroid dienone is 1. The molecule has 1 N–H and O–H groups in total. The highest BCUT2D eigenvalue weighted by Crippen LogP contribution is 2.35. The number of halogens is 1. The summed E-state index contributed by atoms with van der Waals surface area (Å²) < 4.78 is 13.8. The lowest BCUT2D eigenvalue weighted by Crippen LogP contribution is -2.49. The minimum atomic E-state index is -0.513. The highest BCUT2D eigenvalue weighted by molar-refractivity contribution is 7.80. The van der Waals surface area contributed by atoms with Crippen molar-refractivity contribution in [2.24, 2.45) is 0 Å². The zero-order valence-electron chi connectivity index (χ0n) is 16.7. The number of rotatable bonds is 3. The fraction of sp³-hybridized carbons (Fsp3) is 0.273. The van der Waals surface area contributed by atoms with Gasteiger partial charge in [0.05, 0.1) is 11.6 Å². The molecule has 0 aliphatic carbocycles. The number of carbonyl (C=O) groups excluding carboxylic acids is 1. The Morgan fingerprint density at radius 3 is 2.43 bits per heavy atom. The molecule has 1 aliphatic heterocycles. The van der Waals surface area contributed by atoms with E-state index in [0.717, 1.165) is 16.9 Å². The van der Waals surface area contributed by atoms with Crippen molar-refractivity contribution < 1.29 is 9.18 Å². The normalized spacial score (nSPS) is 16.9. The molecule has 0 spiro atoms. The number of likely N-dealkylation sites (N-methyl/N-ethyl adjacent to an activating group) is 1. The Balaban J connectivity index is 2.18. The summed E-state index contributed by atoms with van der Waals surface area (Å²) in [5.74, 6) is -0.494. The molecular formula is C22H24FN3OS. The van der Waals surface area contributed by atoms with Crippen LogP contribution < -0.4 is 10.2 Å². The Morgan fingerprint density at radius 1 is 1.11 bits per heavy atom. The maximum atomic E-state index is 13.8. The Morgan fingerprint density at radius 2 is 1.82 bits per heavy atom. The van der Waals surface area contributed by atoms with Gasteiger partial charge in [0.2, 0.25) is 0 Å². The Hall–Kier alpha value is -2.73. The summed E-state index contributed by atoms with van der Waals surface area (Å²) in [7, 11) is 3.41. The molecule has 2 aromatic rings. The minimum Gasteiger partial charge on any atom is -0.351 e. The third-order valence-electron chi connectivity index (χ3n) is 5.05. The van der Waals surface area contributed by atoms with Crippen LogP contribution >= 0.6 is 12.2 Å². The zero-order chi connectivity index (χ0) is 20.6. The number of nitrogens with one attached hydrogen (secondary N) is 1. The highest BCUT2D eigenvalue weighted by Gasteiger charge is 2.35. The van der Waals surface area contributed by atoms with Crippen LogP contribution in [-0.2, 0) is 4.79 Å². The quantitative estimate of drug-likeness (QED) is 0.786. The number of hydrogen-bond donors (Lipinski definition) is 1. The van der Waals surface area contributed by atoms with Crippen molar-refractivity contribution in [3.8, 4) is 0 Å². The van der Waals surface area contributed by atoms with Gasteiger partial charge in [-0.15, -0.1) is 0 Å². The number of hydrogen-bond acceptors (Lipinski definition) is 2. The second-order valence-corrected chi connectivity index (χ2v) is 7.63. The van der Waals surface area contributed by atoms with E-state index in [1.54, 1.807) is 26.2 Å². The molecular weight excluding hydrogens is 373 g/mol. The number of anilines is 1. The lowest BCUT2D eigenvalue weighted by Gasteiger charge is -2.38. The van der Waals surface area contributed by atoms with Crippen LogP contribution in [0.3, 0.4) is 0 Å². The topological polar surface area (TPSA) is 35.6 Å². The Bertz CT molecular complexity index is 983. The summed E-state index contributed by atoms with van der Waals surface area (Å²) in [5.41, 5.74) is 5.15. The molecule has 146 valence electrons. The first kappa shape index (κ1) is 20.0. The number of amides is 1. The number of carbonyl (C=O) groups is 1. The monoisotopic (exact) mass is 397 g/mol. The van der Waals surface area contributed by atoms with E-state index in [9.17, 15) is 9.18 Å². The second kappa shape index (κ2) is 7.72. The molecule has 0 saturated heterocycles. The van der Waals surface area contributed by atoms with Gasteiger partial charge in [-0.05, 0) is 73.9 Å². The van der Waals surface area contributed by atoms with Crippen LogP contribution in [0.1, 0.15) is 29.7 Å². The summed E-state index contributed by atoms with van der Waals surface area (Å²) in [6.45, 7) is 5.97. The van der Waals surface area contributed by atoms with Gasteiger partial charge < -0.3 is 10.2 Å². The van der Waals surface area contributed by atoms with Crippen LogP contribution in [0, 0.1) is 19.7 Å². The van der Waals surface area contributed by atoms with Gasteiger partial charge in [0.1, 0.15) is 5.82 Å². The Kier molecular flexibility index (Phi) is 5.52. The van der Waals surface area contributed by atoms with Crippen molar-refractivity contribution in [1.29, 1.82) is 0 Å². The summed E-state index contributed by atoms with van der Waals surface area (Å²) in [4.78, 5) is 16.4. The summed E-state index contributed by atoms with van der Waals surface area (Å²) in [6, 6.07) is 11.8. The maximum Gasteiger partial charge on any atom is 0.253 e. The third-order valence-corrected chi connectivity index (χ3v) is 5.35. The van der Waals surface area contributed by atoms with Crippen LogP contribution in [0.25, 0.3) is 0 Å². The number of aryl methyl sites for hydroxylation is 2. The smallest absolute Gasteiger partial charge is 0.253 e. The lowest BCUT2D eigenvalue weighted by atomic mass is 9.93. The summed E-state index contributed by atoms with van der Waals surface area (Å²) in [5, 5.41) is 3.72. The van der Waals surface area contributed by atoms with Gasteiger partial charge in [0, 0.05) is 25.5 Å². The minimum absolute atomic E-state index is 0.143. The Labute approximate surface area is 170 Å². The van der Waals surface area contributed by atoms with Gasteiger partial charge >= 0.3 is 0 Å². The first-order valence-electron chi connectivity index (χ1n) is 9.06. The van der Waals surface area contributed by atoms with E-state index in [4.69, 9.17) is 12.2 Å². The SMILES string of the molecule is CC1=C(C(=O)N(C)C)[C@@H](c2cccc(F)c2)NC(=S)N1c1ccc(C)c(C)c1. The average molecular weight is 398 g/mol. The van der Waals surface area contributed by atoms with Gasteiger partial charge in [-0.3, -0.25) is 9.69 Å². The molecule has 0 radical (unpaired) electrons. The van der Waals surface area contributed by atoms with Gasteiger partial charge in [-0.25, -0.2) is 4.39 Å². The molecule has 4 nitrogen and oxygen atoms in total. The van der Waals surface area contributed by atoms with Crippen LogP contribution in [0.2, 0.25) is 0 Å². The van der Waals surface area contributed by atoms with Crippen LogP contribution in [0.5, 0.6) is 0 Å². The van der Waals surface area contributed by atoms with E-state index in [-0.39, 0.29) is 11.7 Å². The predicted octanol–water partition coefficient (Wildman–Crippen LogP) is 4.24. The largest absolute Gasteiger partial charge is 0.351 e. The van der Waals surface area contributed by atoms with Crippen molar-refractivity contribution in [2.45, 2.75) is 26.8 Å². The summed E-state index contributed by atoms with van der Waals surface area (Å²) in [6.07, 6.45) is 0. The fourth-order valence-electron chi connectivity index (χ4n) is 3.37. The second-order valence-electron chi connectivity index (χ2n) is 7.24. The molecule has 3 rings (SSSR count). The maximum absolute atomic E-state index is 13.8. The standard InChI is InChI=1S/C22H24FN3OS/c1-13-9-10-18(11-14(13)2)26-15(3)19(21(27)25(4)5)20(24-22(26)28)16-7-6-8-17(23)12-16/h6-12,20H,1-5H3,(H,24,28)/t20-/m1/s1. The molecule has 0 aromatic heterocycles. The molecule has 1 aliphatic rings. The van der Waals surface area contributed by atoms with Crippen LogP contribution in [0.4, 0.5) is 10.1 Å². The van der Waals surface area contributed by atoms with E-state index in [0.29, 0.717) is 16.2 Å². The van der Waals surface area contributed by atoms with Crippen molar-refractivity contribution in [3.63, 3.8) is 0 Å². The molecule has 1 amide bonds. The van der Waals surface area contributed by atoms with Gasteiger partial charge in [-0.2, -0.15) is 0 Å². The molecule has 28 heavy (non-hydrogen) atoms. The summed E-state index contributed by atoms with van der Waals surface area (Å²) >= 11 is 5.64. The van der Waals surface area contributed by atoms with E-state index in [1.807, 2.05) is 36.9 Å². The van der Waals surface area contributed by atoms with E-state index >= 15 is 0 Å². The number of thiocarbonyl (C=S) groups is 1. The first-order valence-corrected chi connectivity index (χ1v) is 9.47. The molecule has 1 heterocycles. The van der Waals surface area contributed by atoms with E-state index in [2.05, 4.69) is 12.2 Å². The number of nitrogens with zero attached hydrogens (tertiary/aromatic N) is 2. The zero-order valence-corrected chi connectivity index (χ0v) is 17.5. The van der Waals surface area contributed by atoms with E-state index < -0.39 is 6.04 Å². The van der Waals surface area contributed by atoms with E-state index in [1.165, 1.54) is 22.6 Å². The van der Waals surface area contributed by atoms with Gasteiger partial charge in [0.25, 0.3) is 5.91 Å². The molecule has 2 aromatic carbocycles. The first-order chi connectivity index (χ1) is 13.2. The van der Waals surface area contributed by atoms with Gasteiger partial charge in [0.15, 0.2) is 5.11 Å². The lowest BCUT2D eigenvalue weighted by molar-refractivity contribution is -0.125. The average Bonchev–Trinajstić information content (AvgIpc) is 2.63. The van der Waals surface area contributed by atoms with Crippen molar-refractivity contribution in [2.75, 3.05) is 19.0 Å². The molecule has 0 saturated carbocycles. The van der Waals surface area contributed by atoms with Crippen LogP contribution in [0.15, 0.2) is 53.7 Å². The molecule has 0 bridgehead atoms. The van der Waals surface area contributed by atoms with Gasteiger partial charge in [-0.1, -0.05) is 18.2 Å². The molecule has 1 atom stereocenters. The molecule has 6 heteroatoms. The molecule has 0 fully saturated rings. The number of benzene rings is 2. The highest BCUT2D eigenvalue weighted by atomic mass is 32.1. The van der Waals surface area contributed by atoms with Crippen LogP contribution in [-0.4, -0.2) is 30.0 Å².